The van der Waals surface area contributed by atoms with E-state index in [1.165, 1.54) is 38.2 Å². The van der Waals surface area contributed by atoms with E-state index in [0.29, 0.717) is 5.92 Å². The van der Waals surface area contributed by atoms with Crippen molar-refractivity contribution in [1.82, 2.24) is 0 Å². The fourth-order valence-electron chi connectivity index (χ4n) is 4.00. The summed E-state index contributed by atoms with van der Waals surface area (Å²) >= 11 is 0. The molecule has 0 N–H and O–H groups in total. The van der Waals surface area contributed by atoms with E-state index in [4.69, 9.17) is 4.74 Å². The molecule has 0 aromatic carbocycles. The van der Waals surface area contributed by atoms with E-state index in [2.05, 4.69) is 27.4 Å². The normalized spacial score (nSPS) is 39.5. The molecule has 2 aliphatic rings. The van der Waals surface area contributed by atoms with Crippen LogP contribution in [0.3, 0.4) is 0 Å². The Morgan fingerprint density at radius 2 is 1.94 bits per heavy atom. The first-order valence-electron chi connectivity index (χ1n) is 6.76. The second-order valence-corrected chi connectivity index (χ2v) is 6.47. The van der Waals surface area contributed by atoms with Crippen molar-refractivity contribution < 1.29 is 9.53 Å². The Labute approximate surface area is 104 Å². The highest BCUT2D eigenvalue weighted by Crippen LogP contribution is 2.59. The zero-order valence-corrected chi connectivity index (χ0v) is 11.3. The largest absolute Gasteiger partial charge is 0.455 e. The molecule has 0 amide bonds. The molecule has 3 atom stereocenters. The lowest BCUT2D eigenvalue weighted by atomic mass is 9.72. The zero-order valence-electron chi connectivity index (χ0n) is 11.3. The molecule has 0 aliphatic heterocycles. The number of rotatable bonds is 2. The molecule has 0 spiro atoms. The molecule has 0 bridgehead atoms. The van der Waals surface area contributed by atoms with Gasteiger partial charge in [-0.3, -0.25) is 0 Å². The standard InChI is InChI=1S/C15H24O2/c1-5-13(16)17-15(4)12-9-7-6-8-11(12)10-14(15,2)3/h5,11-12H,1,6-10H2,2-4H3. The number of ether oxygens (including phenoxy) is 1. The number of fused-ring (bicyclic) bond motifs is 1. The average molecular weight is 236 g/mol. The van der Waals surface area contributed by atoms with Crippen LogP contribution in [0.1, 0.15) is 52.9 Å². The SMILES string of the molecule is C=CC(=O)OC1(C)C2CCCCC2CC1(C)C. The Hall–Kier alpha value is -0.790. The van der Waals surface area contributed by atoms with Gasteiger partial charge in [0, 0.05) is 17.4 Å². The third-order valence-electron chi connectivity index (χ3n) is 5.21. The van der Waals surface area contributed by atoms with E-state index < -0.39 is 0 Å². The van der Waals surface area contributed by atoms with Gasteiger partial charge in [0.2, 0.25) is 0 Å². The molecule has 3 unspecified atom stereocenters. The fraction of sp³-hybridized carbons (Fsp3) is 0.800. The van der Waals surface area contributed by atoms with Crippen LogP contribution in [0, 0.1) is 17.3 Å². The minimum absolute atomic E-state index is 0.0747. The quantitative estimate of drug-likeness (QED) is 0.539. The molecule has 0 saturated heterocycles. The van der Waals surface area contributed by atoms with Crippen LogP contribution < -0.4 is 0 Å². The van der Waals surface area contributed by atoms with E-state index in [0.717, 1.165) is 5.92 Å². The molecule has 0 aromatic rings. The van der Waals surface area contributed by atoms with Gasteiger partial charge in [0.25, 0.3) is 0 Å². The summed E-state index contributed by atoms with van der Waals surface area (Å²) in [6, 6.07) is 0. The third kappa shape index (κ3) is 1.92. The van der Waals surface area contributed by atoms with E-state index in [1.807, 2.05) is 0 Å². The Bertz CT molecular complexity index is 332. The fourth-order valence-corrected chi connectivity index (χ4v) is 4.00. The Morgan fingerprint density at radius 3 is 2.59 bits per heavy atom. The van der Waals surface area contributed by atoms with Crippen molar-refractivity contribution in [3.8, 4) is 0 Å². The van der Waals surface area contributed by atoms with Gasteiger partial charge in [0.05, 0.1) is 0 Å². The predicted molar refractivity (Wildman–Crippen MR) is 68.5 cm³/mol. The first kappa shape index (κ1) is 12.7. The molecule has 2 aliphatic carbocycles. The molecule has 2 rings (SSSR count). The second-order valence-electron chi connectivity index (χ2n) is 6.47. The molecule has 0 radical (unpaired) electrons. The van der Waals surface area contributed by atoms with E-state index in [-0.39, 0.29) is 17.0 Å². The summed E-state index contributed by atoms with van der Waals surface area (Å²) in [4.78, 5) is 11.6. The maximum absolute atomic E-state index is 11.6. The van der Waals surface area contributed by atoms with Crippen molar-refractivity contribution in [2.75, 3.05) is 0 Å². The summed E-state index contributed by atoms with van der Waals surface area (Å²) < 4.78 is 5.78. The summed E-state index contributed by atoms with van der Waals surface area (Å²) in [5, 5.41) is 0. The molecule has 2 heteroatoms. The van der Waals surface area contributed by atoms with Gasteiger partial charge in [-0.1, -0.05) is 39.7 Å². The molecular weight excluding hydrogens is 212 g/mol. The minimum Gasteiger partial charge on any atom is -0.455 e. The van der Waals surface area contributed by atoms with Crippen molar-refractivity contribution in [3.63, 3.8) is 0 Å². The number of esters is 1. The first-order chi connectivity index (χ1) is 7.90. The van der Waals surface area contributed by atoms with Crippen LogP contribution in [0.25, 0.3) is 0 Å². The lowest BCUT2D eigenvalue weighted by Crippen LogP contribution is -2.47. The van der Waals surface area contributed by atoms with Crippen LogP contribution in [0.5, 0.6) is 0 Å². The van der Waals surface area contributed by atoms with Gasteiger partial charge in [-0.15, -0.1) is 0 Å². The number of hydrogen-bond acceptors (Lipinski definition) is 2. The van der Waals surface area contributed by atoms with Gasteiger partial charge >= 0.3 is 5.97 Å². The predicted octanol–water partition coefficient (Wildman–Crippen LogP) is 3.71. The minimum atomic E-state index is -0.316. The number of carbonyl (C=O) groups is 1. The van der Waals surface area contributed by atoms with E-state index >= 15 is 0 Å². The van der Waals surface area contributed by atoms with E-state index in [1.54, 1.807) is 0 Å². The molecule has 2 nitrogen and oxygen atoms in total. The Balaban J connectivity index is 2.27. The smallest absolute Gasteiger partial charge is 0.330 e. The molecule has 0 heterocycles. The van der Waals surface area contributed by atoms with Crippen molar-refractivity contribution in [1.29, 1.82) is 0 Å². The number of carbonyl (C=O) groups excluding carboxylic acids is 1. The van der Waals surface area contributed by atoms with Crippen molar-refractivity contribution in [2.45, 2.75) is 58.5 Å². The maximum Gasteiger partial charge on any atom is 0.330 e. The monoisotopic (exact) mass is 236 g/mol. The summed E-state index contributed by atoms with van der Waals surface area (Å²) in [7, 11) is 0. The topological polar surface area (TPSA) is 26.3 Å². The summed E-state index contributed by atoms with van der Waals surface area (Å²) in [6.45, 7) is 10.1. The highest BCUT2D eigenvalue weighted by atomic mass is 16.6. The summed E-state index contributed by atoms with van der Waals surface area (Å²) in [5.74, 6) is 1.00. The van der Waals surface area contributed by atoms with Crippen LogP contribution in [-0.2, 0) is 9.53 Å². The van der Waals surface area contributed by atoms with Crippen molar-refractivity contribution in [3.05, 3.63) is 12.7 Å². The van der Waals surface area contributed by atoms with Crippen molar-refractivity contribution in [2.24, 2.45) is 17.3 Å². The van der Waals surface area contributed by atoms with Gasteiger partial charge in [0.15, 0.2) is 0 Å². The van der Waals surface area contributed by atoms with Gasteiger partial charge in [-0.05, 0) is 25.7 Å². The summed E-state index contributed by atoms with van der Waals surface area (Å²) in [6.07, 6.45) is 7.58. The van der Waals surface area contributed by atoms with E-state index in [9.17, 15) is 4.79 Å². The number of hydrogen-bond donors (Lipinski definition) is 0. The first-order valence-corrected chi connectivity index (χ1v) is 6.76. The maximum atomic E-state index is 11.6. The molecule has 17 heavy (non-hydrogen) atoms. The third-order valence-corrected chi connectivity index (χ3v) is 5.21. The highest BCUT2D eigenvalue weighted by Gasteiger charge is 2.59. The summed E-state index contributed by atoms with van der Waals surface area (Å²) in [5.41, 5.74) is -0.241. The van der Waals surface area contributed by atoms with Crippen molar-refractivity contribution >= 4 is 5.97 Å². The van der Waals surface area contributed by atoms with Gasteiger partial charge in [-0.25, -0.2) is 4.79 Å². The molecule has 2 fully saturated rings. The Morgan fingerprint density at radius 1 is 1.29 bits per heavy atom. The van der Waals surface area contributed by atoms with Crippen LogP contribution in [0.2, 0.25) is 0 Å². The Kier molecular flexibility index (Phi) is 3.09. The molecule has 0 aromatic heterocycles. The van der Waals surface area contributed by atoms with Crippen LogP contribution >= 0.6 is 0 Å². The lowest BCUT2D eigenvalue weighted by Gasteiger charge is -2.42. The average Bonchev–Trinajstić information content (AvgIpc) is 2.47. The van der Waals surface area contributed by atoms with Crippen LogP contribution in [-0.4, -0.2) is 11.6 Å². The molecule has 2 saturated carbocycles. The van der Waals surface area contributed by atoms with Crippen LogP contribution in [0.15, 0.2) is 12.7 Å². The second kappa shape index (κ2) is 4.15. The molecule has 96 valence electrons. The van der Waals surface area contributed by atoms with Gasteiger partial charge < -0.3 is 4.74 Å². The lowest BCUT2D eigenvalue weighted by molar-refractivity contribution is -0.169. The zero-order chi connectivity index (χ0) is 12.7. The van der Waals surface area contributed by atoms with Gasteiger partial charge in [-0.2, -0.15) is 0 Å². The van der Waals surface area contributed by atoms with Crippen LogP contribution in [0.4, 0.5) is 0 Å². The highest BCUT2D eigenvalue weighted by molar-refractivity contribution is 5.81. The van der Waals surface area contributed by atoms with Gasteiger partial charge in [0.1, 0.15) is 5.60 Å². The molecular formula is C15H24O2.